The Kier molecular flexibility index (Phi) is 6.11. The second-order valence-electron chi connectivity index (χ2n) is 4.15. The number of hydrogen-bond donors (Lipinski definition) is 2. The van der Waals surface area contributed by atoms with Crippen LogP contribution in [0.4, 0.5) is 0 Å². The Balaban J connectivity index is 2.09. The lowest BCUT2D eigenvalue weighted by Crippen LogP contribution is -2.32. The molecule has 1 unspecified atom stereocenters. The van der Waals surface area contributed by atoms with E-state index in [0.717, 1.165) is 13.0 Å². The molecule has 1 aliphatic carbocycles. The molecule has 0 fully saturated rings. The van der Waals surface area contributed by atoms with Crippen LogP contribution >= 0.6 is 0 Å². The van der Waals surface area contributed by atoms with Gasteiger partial charge < -0.3 is 15.8 Å². The average molecular weight is 226 g/mol. The van der Waals surface area contributed by atoms with E-state index < -0.39 is 0 Å². The number of nitrogens with one attached hydrogen (secondary N) is 1. The standard InChI is InChI=1S/C12H22N2O2/c1-16-11(9-13)8-12(15)14-7-6-10-4-2-3-5-10/h4,11H,2-3,5-9,13H2,1H3,(H,14,15). The van der Waals surface area contributed by atoms with Gasteiger partial charge in [0.25, 0.3) is 0 Å². The van der Waals surface area contributed by atoms with Gasteiger partial charge in [-0.2, -0.15) is 0 Å². The zero-order valence-electron chi connectivity index (χ0n) is 10.00. The van der Waals surface area contributed by atoms with E-state index >= 15 is 0 Å². The molecule has 1 aliphatic rings. The van der Waals surface area contributed by atoms with Crippen LogP contribution in [0.1, 0.15) is 32.1 Å². The molecule has 0 saturated heterocycles. The van der Waals surface area contributed by atoms with Gasteiger partial charge in [-0.15, -0.1) is 0 Å². The SMILES string of the molecule is COC(CN)CC(=O)NCCC1=CCCC1. The molecule has 0 aromatic carbocycles. The fourth-order valence-corrected chi connectivity index (χ4v) is 1.87. The van der Waals surface area contributed by atoms with E-state index in [2.05, 4.69) is 11.4 Å². The highest BCUT2D eigenvalue weighted by Gasteiger charge is 2.11. The van der Waals surface area contributed by atoms with Crippen molar-refractivity contribution >= 4 is 5.91 Å². The van der Waals surface area contributed by atoms with Gasteiger partial charge in [0, 0.05) is 20.2 Å². The minimum absolute atomic E-state index is 0.0240. The maximum Gasteiger partial charge on any atom is 0.222 e. The molecular formula is C12H22N2O2. The summed E-state index contributed by atoms with van der Waals surface area (Å²) in [6.07, 6.45) is 7.11. The highest BCUT2D eigenvalue weighted by molar-refractivity contribution is 5.76. The number of nitrogens with two attached hydrogens (primary N) is 1. The normalized spacial score (nSPS) is 17.0. The highest BCUT2D eigenvalue weighted by atomic mass is 16.5. The van der Waals surface area contributed by atoms with Gasteiger partial charge in [0.1, 0.15) is 0 Å². The Morgan fingerprint density at radius 3 is 3.06 bits per heavy atom. The van der Waals surface area contributed by atoms with Gasteiger partial charge in [-0.05, 0) is 25.7 Å². The van der Waals surface area contributed by atoms with Crippen LogP contribution in [0.15, 0.2) is 11.6 Å². The van der Waals surface area contributed by atoms with Crippen molar-refractivity contribution in [3.05, 3.63) is 11.6 Å². The number of carbonyl (C=O) groups is 1. The van der Waals surface area contributed by atoms with Crippen molar-refractivity contribution in [2.45, 2.75) is 38.2 Å². The Hall–Kier alpha value is -0.870. The van der Waals surface area contributed by atoms with Crippen LogP contribution in [-0.2, 0) is 9.53 Å². The van der Waals surface area contributed by atoms with Gasteiger partial charge in [-0.25, -0.2) is 0 Å². The van der Waals surface area contributed by atoms with Gasteiger partial charge in [0.05, 0.1) is 12.5 Å². The van der Waals surface area contributed by atoms with Gasteiger partial charge in [0.15, 0.2) is 0 Å². The molecular weight excluding hydrogens is 204 g/mol. The summed E-state index contributed by atoms with van der Waals surface area (Å²) in [5, 5.41) is 2.89. The first-order chi connectivity index (χ1) is 7.76. The largest absolute Gasteiger partial charge is 0.380 e. The second-order valence-corrected chi connectivity index (χ2v) is 4.15. The quantitative estimate of drug-likeness (QED) is 0.636. The van der Waals surface area contributed by atoms with Crippen LogP contribution in [0, 0.1) is 0 Å². The predicted molar refractivity (Wildman–Crippen MR) is 64.0 cm³/mol. The molecule has 16 heavy (non-hydrogen) atoms. The number of methoxy groups -OCH3 is 1. The Bertz CT molecular complexity index is 247. The van der Waals surface area contributed by atoms with Gasteiger partial charge in [0.2, 0.25) is 5.91 Å². The summed E-state index contributed by atoms with van der Waals surface area (Å²) in [6, 6.07) is 0. The Morgan fingerprint density at radius 2 is 2.50 bits per heavy atom. The first-order valence-electron chi connectivity index (χ1n) is 5.93. The summed E-state index contributed by atoms with van der Waals surface area (Å²) in [6.45, 7) is 1.11. The molecule has 0 heterocycles. The number of carbonyl (C=O) groups excluding carboxylic acids is 1. The van der Waals surface area contributed by atoms with E-state index in [-0.39, 0.29) is 12.0 Å². The summed E-state index contributed by atoms with van der Waals surface area (Å²) in [5.41, 5.74) is 6.92. The first-order valence-corrected chi connectivity index (χ1v) is 5.93. The van der Waals surface area contributed by atoms with Crippen molar-refractivity contribution in [2.24, 2.45) is 5.73 Å². The fraction of sp³-hybridized carbons (Fsp3) is 0.750. The molecule has 1 amide bonds. The average Bonchev–Trinajstić information content (AvgIpc) is 2.79. The maximum atomic E-state index is 11.5. The third-order valence-corrected chi connectivity index (χ3v) is 2.91. The third-order valence-electron chi connectivity index (χ3n) is 2.91. The summed E-state index contributed by atoms with van der Waals surface area (Å²) >= 11 is 0. The zero-order valence-corrected chi connectivity index (χ0v) is 10.00. The minimum atomic E-state index is -0.161. The molecule has 4 heteroatoms. The summed E-state index contributed by atoms with van der Waals surface area (Å²) < 4.78 is 5.05. The van der Waals surface area contributed by atoms with Crippen molar-refractivity contribution in [1.82, 2.24) is 5.32 Å². The van der Waals surface area contributed by atoms with E-state index in [1.165, 1.54) is 24.8 Å². The molecule has 3 N–H and O–H groups in total. The molecule has 0 aliphatic heterocycles. The summed E-state index contributed by atoms with van der Waals surface area (Å²) in [5.74, 6) is 0.0240. The molecule has 0 bridgehead atoms. The van der Waals surface area contributed by atoms with Crippen LogP contribution < -0.4 is 11.1 Å². The van der Waals surface area contributed by atoms with E-state index in [0.29, 0.717) is 13.0 Å². The maximum absolute atomic E-state index is 11.5. The van der Waals surface area contributed by atoms with Crippen molar-refractivity contribution in [3.8, 4) is 0 Å². The highest BCUT2D eigenvalue weighted by Crippen LogP contribution is 2.19. The number of amides is 1. The molecule has 4 nitrogen and oxygen atoms in total. The lowest BCUT2D eigenvalue weighted by atomic mass is 10.1. The van der Waals surface area contributed by atoms with Crippen LogP contribution in [0.25, 0.3) is 0 Å². The molecule has 0 saturated carbocycles. The zero-order chi connectivity index (χ0) is 11.8. The van der Waals surface area contributed by atoms with E-state index in [9.17, 15) is 4.79 Å². The number of allylic oxidation sites excluding steroid dienone is 1. The number of hydrogen-bond acceptors (Lipinski definition) is 3. The second kappa shape index (κ2) is 7.41. The van der Waals surface area contributed by atoms with E-state index in [1.54, 1.807) is 7.11 Å². The van der Waals surface area contributed by atoms with Crippen molar-refractivity contribution in [3.63, 3.8) is 0 Å². The first kappa shape index (κ1) is 13.2. The van der Waals surface area contributed by atoms with Crippen molar-refractivity contribution in [2.75, 3.05) is 20.2 Å². The monoisotopic (exact) mass is 226 g/mol. The molecule has 1 rings (SSSR count). The van der Waals surface area contributed by atoms with Gasteiger partial charge in [-0.3, -0.25) is 4.79 Å². The number of rotatable bonds is 7. The lowest BCUT2D eigenvalue weighted by molar-refractivity contribution is -0.123. The molecule has 0 aromatic heterocycles. The van der Waals surface area contributed by atoms with Gasteiger partial charge >= 0.3 is 0 Å². The predicted octanol–water partition coefficient (Wildman–Crippen LogP) is 0.967. The van der Waals surface area contributed by atoms with Crippen LogP contribution in [0.5, 0.6) is 0 Å². The van der Waals surface area contributed by atoms with Crippen molar-refractivity contribution < 1.29 is 9.53 Å². The van der Waals surface area contributed by atoms with Crippen LogP contribution in [-0.4, -0.2) is 32.2 Å². The summed E-state index contributed by atoms with van der Waals surface area (Å²) in [7, 11) is 1.58. The topological polar surface area (TPSA) is 64.3 Å². The molecule has 0 spiro atoms. The smallest absolute Gasteiger partial charge is 0.222 e. The third kappa shape index (κ3) is 4.77. The fourth-order valence-electron chi connectivity index (χ4n) is 1.87. The lowest BCUT2D eigenvalue weighted by Gasteiger charge is -2.12. The minimum Gasteiger partial charge on any atom is -0.380 e. The van der Waals surface area contributed by atoms with E-state index in [4.69, 9.17) is 10.5 Å². The van der Waals surface area contributed by atoms with Gasteiger partial charge in [-0.1, -0.05) is 11.6 Å². The number of ether oxygens (including phenoxy) is 1. The van der Waals surface area contributed by atoms with Crippen molar-refractivity contribution in [1.29, 1.82) is 0 Å². The van der Waals surface area contributed by atoms with Crippen LogP contribution in [0.2, 0.25) is 0 Å². The molecule has 92 valence electrons. The molecule has 1 atom stereocenters. The Labute approximate surface area is 97.2 Å². The van der Waals surface area contributed by atoms with Crippen LogP contribution in [0.3, 0.4) is 0 Å². The van der Waals surface area contributed by atoms with E-state index in [1.807, 2.05) is 0 Å². The molecule has 0 radical (unpaired) electrons. The molecule has 0 aromatic rings. The Morgan fingerprint density at radius 1 is 1.69 bits per heavy atom. The summed E-state index contributed by atoms with van der Waals surface area (Å²) in [4.78, 5) is 11.5.